The first-order valence-corrected chi connectivity index (χ1v) is 7.31. The number of phenolic OH excluding ortho intramolecular Hbond substituents is 1. The minimum absolute atomic E-state index is 0.178. The fraction of sp³-hybridized carbons (Fsp3) is 0.0556. The van der Waals surface area contributed by atoms with E-state index in [0.29, 0.717) is 5.82 Å². The number of aromatic amines is 1. The molecular weight excluding hydrogens is 306 g/mol. The summed E-state index contributed by atoms with van der Waals surface area (Å²) < 4.78 is 0. The zero-order chi connectivity index (χ0) is 17.1. The van der Waals surface area contributed by atoms with Gasteiger partial charge in [0, 0.05) is 11.6 Å². The van der Waals surface area contributed by atoms with Gasteiger partial charge in [0.15, 0.2) is 11.6 Å². The van der Waals surface area contributed by atoms with Crippen molar-refractivity contribution in [3.63, 3.8) is 0 Å². The molecule has 1 aromatic heterocycles. The average molecular weight is 321 g/mol. The zero-order valence-corrected chi connectivity index (χ0v) is 12.9. The number of H-pyrrole nitrogens is 1. The Balaban J connectivity index is 1.77. The SMILES string of the molecule is CC(=O)c1ccc(C(=O)Nc2cc(-c3ccccc3)[nH]n2)cc1O. The number of nitrogens with zero attached hydrogens (tertiary/aromatic N) is 1. The third kappa shape index (κ3) is 3.17. The van der Waals surface area contributed by atoms with Crippen molar-refractivity contribution in [2.75, 3.05) is 5.32 Å². The summed E-state index contributed by atoms with van der Waals surface area (Å²) in [7, 11) is 0. The van der Waals surface area contributed by atoms with Crippen LogP contribution in [0.15, 0.2) is 54.6 Å². The third-order valence-electron chi connectivity index (χ3n) is 3.54. The zero-order valence-electron chi connectivity index (χ0n) is 12.9. The van der Waals surface area contributed by atoms with E-state index in [1.807, 2.05) is 30.3 Å². The van der Waals surface area contributed by atoms with Crippen LogP contribution in [0.25, 0.3) is 11.3 Å². The van der Waals surface area contributed by atoms with Crippen LogP contribution in [0.5, 0.6) is 5.75 Å². The van der Waals surface area contributed by atoms with Crippen molar-refractivity contribution in [3.8, 4) is 17.0 Å². The molecule has 0 fully saturated rings. The van der Waals surface area contributed by atoms with Crippen LogP contribution in [0, 0.1) is 0 Å². The Kier molecular flexibility index (Phi) is 4.11. The highest BCUT2D eigenvalue weighted by molar-refractivity contribution is 6.05. The minimum atomic E-state index is -0.425. The second-order valence-electron chi connectivity index (χ2n) is 5.28. The standard InChI is InChI=1S/C18H15N3O3/c1-11(22)14-8-7-13(9-16(14)23)18(24)19-17-10-15(20-21-17)12-5-3-2-4-6-12/h2-10,23H,1H3,(H2,19,20,21,24). The number of rotatable bonds is 4. The lowest BCUT2D eigenvalue weighted by atomic mass is 10.1. The van der Waals surface area contributed by atoms with Crippen LogP contribution >= 0.6 is 0 Å². The number of nitrogens with one attached hydrogen (secondary N) is 2. The van der Waals surface area contributed by atoms with Crippen molar-refractivity contribution in [1.82, 2.24) is 10.2 Å². The summed E-state index contributed by atoms with van der Waals surface area (Å²) in [5, 5.41) is 19.4. The van der Waals surface area contributed by atoms with E-state index in [1.165, 1.54) is 25.1 Å². The van der Waals surface area contributed by atoms with Gasteiger partial charge in [0.05, 0.1) is 11.3 Å². The summed E-state index contributed by atoms with van der Waals surface area (Å²) in [6, 6.07) is 15.5. The van der Waals surface area contributed by atoms with Crippen LogP contribution in [0.1, 0.15) is 27.6 Å². The first kappa shape index (κ1) is 15.5. The molecule has 0 bridgehead atoms. The maximum atomic E-state index is 12.2. The first-order valence-electron chi connectivity index (χ1n) is 7.31. The van der Waals surface area contributed by atoms with Gasteiger partial charge in [-0.15, -0.1) is 0 Å². The maximum Gasteiger partial charge on any atom is 0.256 e. The molecule has 1 heterocycles. The number of anilines is 1. The van der Waals surface area contributed by atoms with Gasteiger partial charge in [0.1, 0.15) is 5.75 Å². The van der Waals surface area contributed by atoms with E-state index in [2.05, 4.69) is 15.5 Å². The molecule has 6 nitrogen and oxygen atoms in total. The number of carbonyl (C=O) groups excluding carboxylic acids is 2. The van der Waals surface area contributed by atoms with Gasteiger partial charge in [-0.3, -0.25) is 14.7 Å². The Morgan fingerprint density at radius 3 is 2.50 bits per heavy atom. The van der Waals surface area contributed by atoms with Gasteiger partial charge in [-0.05, 0) is 30.7 Å². The molecule has 3 aromatic rings. The Labute approximate surface area is 138 Å². The van der Waals surface area contributed by atoms with Crippen LogP contribution in [0.4, 0.5) is 5.82 Å². The topological polar surface area (TPSA) is 95.1 Å². The van der Waals surface area contributed by atoms with Gasteiger partial charge in [-0.2, -0.15) is 5.10 Å². The molecule has 0 radical (unpaired) electrons. The number of aromatic nitrogens is 2. The number of aromatic hydroxyl groups is 1. The predicted molar refractivity (Wildman–Crippen MR) is 90.1 cm³/mol. The van der Waals surface area contributed by atoms with Crippen molar-refractivity contribution in [2.24, 2.45) is 0 Å². The van der Waals surface area contributed by atoms with E-state index in [1.54, 1.807) is 6.07 Å². The molecule has 0 unspecified atom stereocenters. The highest BCUT2D eigenvalue weighted by Crippen LogP contribution is 2.22. The molecule has 120 valence electrons. The average Bonchev–Trinajstić information content (AvgIpc) is 3.03. The Bertz CT molecular complexity index is 901. The lowest BCUT2D eigenvalue weighted by Gasteiger charge is -2.05. The van der Waals surface area contributed by atoms with Crippen LogP contribution in [-0.4, -0.2) is 27.0 Å². The quantitative estimate of drug-likeness (QED) is 0.643. The van der Waals surface area contributed by atoms with Crippen LogP contribution in [0.3, 0.4) is 0 Å². The molecule has 3 N–H and O–H groups in total. The number of ketones is 1. The minimum Gasteiger partial charge on any atom is -0.507 e. The molecular formula is C18H15N3O3. The van der Waals surface area contributed by atoms with Gasteiger partial charge in [0.2, 0.25) is 0 Å². The number of amides is 1. The molecule has 2 aromatic carbocycles. The fourth-order valence-electron chi connectivity index (χ4n) is 2.31. The highest BCUT2D eigenvalue weighted by Gasteiger charge is 2.13. The van der Waals surface area contributed by atoms with E-state index in [9.17, 15) is 14.7 Å². The van der Waals surface area contributed by atoms with Crippen molar-refractivity contribution < 1.29 is 14.7 Å². The largest absolute Gasteiger partial charge is 0.507 e. The number of phenols is 1. The van der Waals surface area contributed by atoms with Gasteiger partial charge < -0.3 is 10.4 Å². The Morgan fingerprint density at radius 1 is 1.08 bits per heavy atom. The maximum absolute atomic E-state index is 12.2. The molecule has 3 rings (SSSR count). The Hall–Kier alpha value is -3.41. The van der Waals surface area contributed by atoms with Gasteiger partial charge in [-0.25, -0.2) is 0 Å². The highest BCUT2D eigenvalue weighted by atomic mass is 16.3. The van der Waals surface area contributed by atoms with Gasteiger partial charge in [-0.1, -0.05) is 30.3 Å². The number of benzene rings is 2. The number of carbonyl (C=O) groups is 2. The van der Waals surface area contributed by atoms with E-state index in [0.717, 1.165) is 11.3 Å². The number of hydrogen-bond acceptors (Lipinski definition) is 4. The van der Waals surface area contributed by atoms with Crippen molar-refractivity contribution in [3.05, 3.63) is 65.7 Å². The molecule has 0 spiro atoms. The summed E-state index contributed by atoms with van der Waals surface area (Å²) >= 11 is 0. The summed E-state index contributed by atoms with van der Waals surface area (Å²) in [6.07, 6.45) is 0. The lowest BCUT2D eigenvalue weighted by Crippen LogP contribution is -2.12. The van der Waals surface area contributed by atoms with E-state index >= 15 is 0 Å². The lowest BCUT2D eigenvalue weighted by molar-refractivity contribution is 0.100. The second-order valence-corrected chi connectivity index (χ2v) is 5.28. The van der Waals surface area contributed by atoms with Crippen LogP contribution in [0.2, 0.25) is 0 Å². The third-order valence-corrected chi connectivity index (χ3v) is 3.54. The van der Waals surface area contributed by atoms with E-state index in [4.69, 9.17) is 0 Å². The summed E-state index contributed by atoms with van der Waals surface area (Å²) in [6.45, 7) is 1.35. The second kappa shape index (κ2) is 6.37. The predicted octanol–water partition coefficient (Wildman–Crippen LogP) is 3.24. The monoisotopic (exact) mass is 321 g/mol. The van der Waals surface area contributed by atoms with Crippen molar-refractivity contribution >= 4 is 17.5 Å². The van der Waals surface area contributed by atoms with Gasteiger partial charge >= 0.3 is 0 Å². The summed E-state index contributed by atoms with van der Waals surface area (Å²) in [4.78, 5) is 23.5. The van der Waals surface area contributed by atoms with Crippen molar-refractivity contribution in [1.29, 1.82) is 0 Å². The first-order chi connectivity index (χ1) is 11.5. The Morgan fingerprint density at radius 2 is 1.83 bits per heavy atom. The number of Topliss-reactive ketones (excluding diaryl/α,β-unsaturated/α-hetero) is 1. The molecule has 1 amide bonds. The molecule has 6 heteroatoms. The van der Waals surface area contributed by atoms with Crippen LogP contribution < -0.4 is 5.32 Å². The normalized spacial score (nSPS) is 10.4. The van der Waals surface area contributed by atoms with E-state index < -0.39 is 5.91 Å². The summed E-state index contributed by atoms with van der Waals surface area (Å²) in [5.41, 5.74) is 2.15. The fourth-order valence-corrected chi connectivity index (χ4v) is 2.31. The molecule has 0 aliphatic carbocycles. The molecule has 0 saturated heterocycles. The smallest absolute Gasteiger partial charge is 0.256 e. The summed E-state index contributed by atoms with van der Waals surface area (Å²) in [5.74, 6) is -0.540. The van der Waals surface area contributed by atoms with Gasteiger partial charge in [0.25, 0.3) is 5.91 Å². The molecule has 24 heavy (non-hydrogen) atoms. The van der Waals surface area contributed by atoms with E-state index in [-0.39, 0.29) is 22.7 Å². The van der Waals surface area contributed by atoms with Crippen LogP contribution in [-0.2, 0) is 0 Å². The molecule has 0 aliphatic heterocycles. The molecule has 0 aliphatic rings. The molecule has 0 atom stereocenters. The molecule has 0 saturated carbocycles. The number of hydrogen-bond donors (Lipinski definition) is 3. The van der Waals surface area contributed by atoms with Crippen molar-refractivity contribution in [2.45, 2.75) is 6.92 Å².